The van der Waals surface area contributed by atoms with Gasteiger partial charge in [-0.3, -0.25) is 4.98 Å². The van der Waals surface area contributed by atoms with Crippen LogP contribution in [-0.2, 0) is 0 Å². The van der Waals surface area contributed by atoms with Gasteiger partial charge in [-0.05, 0) is 79.3 Å². The Bertz CT molecular complexity index is 2610. The van der Waals surface area contributed by atoms with Gasteiger partial charge < -0.3 is 0 Å². The highest BCUT2D eigenvalue weighted by Gasteiger charge is 2.15. The van der Waals surface area contributed by atoms with Gasteiger partial charge in [-0.2, -0.15) is 0 Å². The van der Waals surface area contributed by atoms with E-state index in [9.17, 15) is 0 Å². The molecule has 0 aliphatic heterocycles. The van der Waals surface area contributed by atoms with E-state index < -0.39 is 0 Å². The van der Waals surface area contributed by atoms with Crippen LogP contribution in [0.15, 0.2) is 176 Å². The number of nitrogens with zero attached hydrogens (tertiary/aromatic N) is 3. The first-order valence-corrected chi connectivity index (χ1v) is 16.2. The number of rotatable bonds is 5. The van der Waals surface area contributed by atoms with Gasteiger partial charge in [-0.15, -0.1) is 0 Å². The molecule has 0 aliphatic carbocycles. The third kappa shape index (κ3) is 5.08. The summed E-state index contributed by atoms with van der Waals surface area (Å²) in [5, 5.41) is 7.20. The summed E-state index contributed by atoms with van der Waals surface area (Å²) >= 11 is 0. The lowest BCUT2D eigenvalue weighted by Gasteiger charge is -2.14. The molecule has 0 saturated heterocycles. The highest BCUT2D eigenvalue weighted by molar-refractivity contribution is 6.13. The fourth-order valence-corrected chi connectivity index (χ4v) is 6.70. The number of benzene rings is 7. The van der Waals surface area contributed by atoms with Gasteiger partial charge in [0.25, 0.3) is 0 Å². The number of pyridine rings is 1. The molecule has 0 amide bonds. The molecule has 7 aromatic carbocycles. The first kappa shape index (κ1) is 27.8. The number of fused-ring (bicyclic) bond motifs is 4. The molecule has 0 unspecified atom stereocenters. The van der Waals surface area contributed by atoms with Gasteiger partial charge in [0.2, 0.25) is 0 Å². The van der Waals surface area contributed by atoms with E-state index in [2.05, 4.69) is 163 Å². The molecule has 0 saturated carbocycles. The predicted octanol–water partition coefficient (Wildman–Crippen LogP) is 11.7. The fourth-order valence-electron chi connectivity index (χ4n) is 6.70. The van der Waals surface area contributed by atoms with Crippen molar-refractivity contribution in [3.8, 4) is 56.2 Å². The van der Waals surface area contributed by atoms with Gasteiger partial charge in [0.1, 0.15) is 0 Å². The number of hydrogen-bond donors (Lipinski definition) is 0. The van der Waals surface area contributed by atoms with Crippen LogP contribution in [0.2, 0.25) is 0 Å². The lowest BCUT2D eigenvalue weighted by molar-refractivity contribution is 1.19. The van der Waals surface area contributed by atoms with Crippen LogP contribution in [0.1, 0.15) is 0 Å². The summed E-state index contributed by atoms with van der Waals surface area (Å²) in [6, 6.07) is 57.8. The average Bonchev–Trinajstić information content (AvgIpc) is 3.17. The second-order valence-corrected chi connectivity index (χ2v) is 12.1. The van der Waals surface area contributed by atoms with Gasteiger partial charge in [-0.1, -0.05) is 133 Å². The molecule has 0 fully saturated rings. The topological polar surface area (TPSA) is 38.7 Å². The fraction of sp³-hybridized carbons (Fsp3) is 0. The highest BCUT2D eigenvalue weighted by atomic mass is 14.9. The zero-order valence-electron chi connectivity index (χ0n) is 26.1. The third-order valence-corrected chi connectivity index (χ3v) is 9.15. The Morgan fingerprint density at radius 3 is 1.77 bits per heavy atom. The van der Waals surface area contributed by atoms with Gasteiger partial charge in [0.05, 0.1) is 11.4 Å². The zero-order chi connectivity index (χ0) is 31.9. The van der Waals surface area contributed by atoms with Crippen LogP contribution in [-0.4, -0.2) is 15.0 Å². The maximum absolute atomic E-state index is 5.26. The largest absolute Gasteiger partial charge is 0.264 e. The van der Waals surface area contributed by atoms with Crippen molar-refractivity contribution in [3.63, 3.8) is 0 Å². The molecule has 9 rings (SSSR count). The van der Waals surface area contributed by atoms with Crippen molar-refractivity contribution >= 4 is 32.3 Å². The van der Waals surface area contributed by atoms with Gasteiger partial charge in [-0.25, -0.2) is 9.97 Å². The van der Waals surface area contributed by atoms with E-state index in [0.717, 1.165) is 44.6 Å². The molecular formula is C45H29N3. The van der Waals surface area contributed by atoms with Crippen molar-refractivity contribution in [2.24, 2.45) is 0 Å². The van der Waals surface area contributed by atoms with Gasteiger partial charge >= 0.3 is 0 Å². The minimum absolute atomic E-state index is 0.704. The number of aromatic nitrogens is 3. The second kappa shape index (κ2) is 11.7. The van der Waals surface area contributed by atoms with Crippen LogP contribution in [0.4, 0.5) is 0 Å². The van der Waals surface area contributed by atoms with Crippen molar-refractivity contribution in [3.05, 3.63) is 176 Å². The van der Waals surface area contributed by atoms with Crippen LogP contribution >= 0.6 is 0 Å². The average molecular weight is 612 g/mol. The molecule has 0 N–H and O–H groups in total. The van der Waals surface area contributed by atoms with Crippen LogP contribution < -0.4 is 0 Å². The van der Waals surface area contributed by atoms with Gasteiger partial charge in [0.15, 0.2) is 5.82 Å². The smallest absolute Gasteiger partial charge is 0.161 e. The van der Waals surface area contributed by atoms with Crippen LogP contribution in [0.25, 0.3) is 88.5 Å². The molecule has 48 heavy (non-hydrogen) atoms. The van der Waals surface area contributed by atoms with E-state index >= 15 is 0 Å². The molecule has 0 radical (unpaired) electrons. The van der Waals surface area contributed by atoms with Crippen LogP contribution in [0.3, 0.4) is 0 Å². The molecule has 9 aromatic rings. The Morgan fingerprint density at radius 1 is 0.333 bits per heavy atom. The SMILES string of the molecule is c1cncc(-c2cccc(-c3cc(-c4ccc(-c5ccc6ccccc6c5)cc4)nc(-c4cc5ccccc5c5ccccc45)n3)c2)c1. The minimum atomic E-state index is 0.704. The summed E-state index contributed by atoms with van der Waals surface area (Å²) in [7, 11) is 0. The van der Waals surface area contributed by atoms with Crippen molar-refractivity contribution in [2.45, 2.75) is 0 Å². The van der Waals surface area contributed by atoms with Crippen molar-refractivity contribution in [1.82, 2.24) is 15.0 Å². The lowest BCUT2D eigenvalue weighted by atomic mass is 9.96. The van der Waals surface area contributed by atoms with E-state index in [1.54, 1.807) is 6.20 Å². The highest BCUT2D eigenvalue weighted by Crippen LogP contribution is 2.36. The van der Waals surface area contributed by atoms with Crippen molar-refractivity contribution in [2.75, 3.05) is 0 Å². The van der Waals surface area contributed by atoms with E-state index in [1.807, 2.05) is 12.3 Å². The molecule has 0 atom stereocenters. The van der Waals surface area contributed by atoms with Crippen molar-refractivity contribution < 1.29 is 0 Å². The van der Waals surface area contributed by atoms with E-state index in [4.69, 9.17) is 9.97 Å². The molecular weight excluding hydrogens is 583 g/mol. The second-order valence-electron chi connectivity index (χ2n) is 12.1. The Balaban J connectivity index is 1.21. The summed E-state index contributed by atoms with van der Waals surface area (Å²) < 4.78 is 0. The minimum Gasteiger partial charge on any atom is -0.264 e. The molecule has 0 aliphatic rings. The van der Waals surface area contributed by atoms with Gasteiger partial charge in [0, 0.05) is 34.6 Å². The standard InChI is InChI=1S/C45H29N3/c1-2-10-33-25-35(23-20-30(33)9-1)31-18-21-32(22-19-31)43-28-44(37-13-7-12-34(26-37)38-14-8-24-46-29-38)48-45(47-43)42-27-36-11-3-4-15-39(36)40-16-5-6-17-41(40)42/h1-29H. The predicted molar refractivity (Wildman–Crippen MR) is 200 cm³/mol. The summed E-state index contributed by atoms with van der Waals surface area (Å²) in [5.41, 5.74) is 9.36. The molecule has 3 heteroatoms. The lowest BCUT2D eigenvalue weighted by Crippen LogP contribution is -1.97. The van der Waals surface area contributed by atoms with E-state index in [-0.39, 0.29) is 0 Å². The Kier molecular flexibility index (Phi) is 6.80. The third-order valence-electron chi connectivity index (χ3n) is 9.15. The molecule has 0 bridgehead atoms. The first-order chi connectivity index (χ1) is 23.8. The summed E-state index contributed by atoms with van der Waals surface area (Å²) in [5.74, 6) is 0.704. The maximum atomic E-state index is 5.26. The van der Waals surface area contributed by atoms with Crippen LogP contribution in [0.5, 0.6) is 0 Å². The summed E-state index contributed by atoms with van der Waals surface area (Å²) in [4.78, 5) is 14.9. The Morgan fingerprint density at radius 2 is 0.958 bits per heavy atom. The van der Waals surface area contributed by atoms with E-state index in [0.29, 0.717) is 5.82 Å². The Labute approximate surface area is 278 Å². The van der Waals surface area contributed by atoms with Crippen molar-refractivity contribution in [1.29, 1.82) is 0 Å². The molecule has 2 heterocycles. The molecule has 3 nitrogen and oxygen atoms in total. The van der Waals surface area contributed by atoms with E-state index in [1.165, 1.54) is 38.1 Å². The maximum Gasteiger partial charge on any atom is 0.161 e. The molecule has 2 aromatic heterocycles. The molecule has 0 spiro atoms. The van der Waals surface area contributed by atoms with Crippen LogP contribution in [0, 0.1) is 0 Å². The quantitative estimate of drug-likeness (QED) is 0.182. The normalized spacial score (nSPS) is 11.3. The zero-order valence-corrected chi connectivity index (χ0v) is 26.1. The summed E-state index contributed by atoms with van der Waals surface area (Å²) in [6.07, 6.45) is 3.70. The first-order valence-electron chi connectivity index (χ1n) is 16.2. The Hall–Kier alpha value is -6.45. The summed E-state index contributed by atoms with van der Waals surface area (Å²) in [6.45, 7) is 0. The number of hydrogen-bond acceptors (Lipinski definition) is 3. The monoisotopic (exact) mass is 611 g/mol. The molecule has 224 valence electrons.